The molecule has 1 aromatic heterocycles. The largest absolute Gasteiger partial charge is 0.493 e. The third kappa shape index (κ3) is 4.82. The van der Waals surface area contributed by atoms with Gasteiger partial charge in [-0.1, -0.05) is 30.3 Å². The highest BCUT2D eigenvalue weighted by atomic mass is 16.5. The van der Waals surface area contributed by atoms with Crippen LogP contribution < -0.4 is 9.47 Å². The first kappa shape index (κ1) is 21.7. The van der Waals surface area contributed by atoms with E-state index in [2.05, 4.69) is 17.1 Å². The molecule has 2 aliphatic rings. The van der Waals surface area contributed by atoms with Crippen molar-refractivity contribution in [1.29, 1.82) is 0 Å². The molecule has 5 nitrogen and oxygen atoms in total. The van der Waals surface area contributed by atoms with Crippen LogP contribution in [0.3, 0.4) is 0 Å². The number of ether oxygens (including phenoxy) is 2. The van der Waals surface area contributed by atoms with Gasteiger partial charge in [0.15, 0.2) is 11.5 Å². The summed E-state index contributed by atoms with van der Waals surface area (Å²) in [5.41, 5.74) is 1.85. The summed E-state index contributed by atoms with van der Waals surface area (Å²) in [5.74, 6) is 2.29. The Balaban J connectivity index is 1.22. The highest BCUT2D eigenvalue weighted by molar-refractivity contribution is 6.05. The van der Waals surface area contributed by atoms with Crippen LogP contribution in [0.4, 0.5) is 0 Å². The highest BCUT2D eigenvalue weighted by Crippen LogP contribution is 2.34. The number of pyridine rings is 1. The molecule has 2 aromatic carbocycles. The van der Waals surface area contributed by atoms with Gasteiger partial charge in [0.25, 0.3) is 5.91 Å². The maximum atomic E-state index is 13.2. The summed E-state index contributed by atoms with van der Waals surface area (Å²) in [6.45, 7) is 1.55. The van der Waals surface area contributed by atoms with E-state index >= 15 is 0 Å². The van der Waals surface area contributed by atoms with Crippen LogP contribution in [0.2, 0.25) is 0 Å². The number of likely N-dealkylation sites (tertiary alicyclic amines) is 1. The van der Waals surface area contributed by atoms with E-state index in [-0.39, 0.29) is 5.91 Å². The molecule has 1 saturated heterocycles. The Labute approximate surface area is 195 Å². The summed E-state index contributed by atoms with van der Waals surface area (Å²) >= 11 is 0. The summed E-state index contributed by atoms with van der Waals surface area (Å²) in [4.78, 5) is 19.6. The number of carbonyl (C=O) groups is 1. The molecule has 33 heavy (non-hydrogen) atoms. The van der Waals surface area contributed by atoms with Crippen molar-refractivity contribution in [2.75, 3.05) is 20.2 Å². The van der Waals surface area contributed by atoms with Crippen molar-refractivity contribution in [1.82, 2.24) is 9.88 Å². The topological polar surface area (TPSA) is 51.7 Å². The number of aromatic nitrogens is 1. The number of nitrogens with zero attached hydrogens (tertiary/aromatic N) is 2. The zero-order valence-electron chi connectivity index (χ0n) is 19.3. The van der Waals surface area contributed by atoms with Crippen LogP contribution in [0, 0.1) is 5.92 Å². The lowest BCUT2D eigenvalue weighted by Crippen LogP contribution is -2.39. The van der Waals surface area contributed by atoms with E-state index < -0.39 is 0 Å². The maximum Gasteiger partial charge on any atom is 0.273 e. The molecular formula is C28H32N2O3. The minimum absolute atomic E-state index is 0.0435. The average molecular weight is 445 g/mol. The van der Waals surface area contributed by atoms with Crippen molar-refractivity contribution in [2.24, 2.45) is 5.92 Å². The molecule has 1 aliphatic carbocycles. The van der Waals surface area contributed by atoms with Crippen LogP contribution >= 0.6 is 0 Å². The van der Waals surface area contributed by atoms with Gasteiger partial charge in [-0.05, 0) is 80.0 Å². The quantitative estimate of drug-likeness (QED) is 0.492. The summed E-state index contributed by atoms with van der Waals surface area (Å²) in [6, 6.07) is 16.3. The number of benzene rings is 2. The Morgan fingerprint density at radius 1 is 1.00 bits per heavy atom. The number of amides is 1. The SMILES string of the molecule is COc1ccc(CC2CCN(C(=O)c3nccc4ccccc34)CC2)cc1OC1CCCC1. The second kappa shape index (κ2) is 9.82. The molecule has 0 spiro atoms. The molecule has 1 amide bonds. The van der Waals surface area contributed by atoms with Crippen molar-refractivity contribution < 1.29 is 14.3 Å². The fourth-order valence-electron chi connectivity index (χ4n) is 5.24. The van der Waals surface area contributed by atoms with Crippen molar-refractivity contribution >= 4 is 16.7 Å². The van der Waals surface area contributed by atoms with E-state index in [1.165, 1.54) is 18.4 Å². The molecule has 2 fully saturated rings. The van der Waals surface area contributed by atoms with E-state index in [1.807, 2.05) is 41.3 Å². The van der Waals surface area contributed by atoms with Gasteiger partial charge in [0.1, 0.15) is 5.69 Å². The first-order valence-corrected chi connectivity index (χ1v) is 12.2. The predicted octanol–water partition coefficient (Wildman–Crippen LogP) is 5.66. The Morgan fingerprint density at radius 2 is 1.79 bits per heavy atom. The van der Waals surface area contributed by atoms with Crippen molar-refractivity contribution in [2.45, 2.75) is 51.0 Å². The zero-order valence-corrected chi connectivity index (χ0v) is 19.3. The second-order valence-corrected chi connectivity index (χ2v) is 9.33. The lowest BCUT2D eigenvalue weighted by atomic mass is 9.90. The Kier molecular flexibility index (Phi) is 6.47. The van der Waals surface area contributed by atoms with Crippen LogP contribution in [0.25, 0.3) is 10.8 Å². The molecule has 1 saturated carbocycles. The van der Waals surface area contributed by atoms with Crippen LogP contribution in [-0.2, 0) is 6.42 Å². The maximum absolute atomic E-state index is 13.2. The smallest absolute Gasteiger partial charge is 0.273 e. The van der Waals surface area contributed by atoms with E-state index in [1.54, 1.807) is 13.3 Å². The normalized spacial score (nSPS) is 17.4. The predicted molar refractivity (Wildman–Crippen MR) is 130 cm³/mol. The minimum Gasteiger partial charge on any atom is -0.493 e. The number of carbonyl (C=O) groups excluding carboxylic acids is 1. The summed E-state index contributed by atoms with van der Waals surface area (Å²) in [7, 11) is 1.70. The standard InChI is InChI=1S/C28H32N2O3/c1-32-25-11-10-21(19-26(25)33-23-7-3-4-8-23)18-20-13-16-30(17-14-20)28(31)27-24-9-5-2-6-22(24)12-15-29-27/h2,5-6,9-12,15,19-20,23H,3-4,7-8,13-14,16-18H2,1H3. The summed E-state index contributed by atoms with van der Waals surface area (Å²) in [5, 5.41) is 1.99. The fourth-order valence-corrected chi connectivity index (χ4v) is 5.24. The van der Waals surface area contributed by atoms with Gasteiger partial charge in [-0.2, -0.15) is 0 Å². The minimum atomic E-state index is 0.0435. The van der Waals surface area contributed by atoms with E-state index in [0.717, 1.165) is 67.5 Å². The van der Waals surface area contributed by atoms with Gasteiger partial charge in [0.2, 0.25) is 0 Å². The molecular weight excluding hydrogens is 412 g/mol. The molecule has 172 valence electrons. The molecule has 0 radical (unpaired) electrons. The molecule has 0 N–H and O–H groups in total. The number of methoxy groups -OCH3 is 1. The number of piperidine rings is 1. The Morgan fingerprint density at radius 3 is 2.58 bits per heavy atom. The lowest BCUT2D eigenvalue weighted by Gasteiger charge is -2.32. The van der Waals surface area contributed by atoms with Crippen LogP contribution in [0.5, 0.6) is 11.5 Å². The van der Waals surface area contributed by atoms with Gasteiger partial charge in [-0.3, -0.25) is 9.78 Å². The van der Waals surface area contributed by atoms with E-state index in [4.69, 9.17) is 9.47 Å². The zero-order chi connectivity index (χ0) is 22.6. The number of fused-ring (bicyclic) bond motifs is 1. The molecule has 5 rings (SSSR count). The lowest BCUT2D eigenvalue weighted by molar-refractivity contribution is 0.0687. The number of hydrogen-bond acceptors (Lipinski definition) is 4. The molecule has 0 unspecified atom stereocenters. The Bertz CT molecular complexity index is 1110. The average Bonchev–Trinajstić information content (AvgIpc) is 3.37. The molecule has 5 heteroatoms. The first-order chi connectivity index (χ1) is 16.2. The highest BCUT2D eigenvalue weighted by Gasteiger charge is 2.26. The summed E-state index contributed by atoms with van der Waals surface area (Å²) in [6.07, 6.45) is 9.80. The van der Waals surface area contributed by atoms with Crippen LogP contribution in [0.15, 0.2) is 54.7 Å². The monoisotopic (exact) mass is 444 g/mol. The van der Waals surface area contributed by atoms with Gasteiger partial charge in [0, 0.05) is 24.7 Å². The first-order valence-electron chi connectivity index (χ1n) is 12.2. The number of rotatable bonds is 6. The van der Waals surface area contributed by atoms with Gasteiger partial charge >= 0.3 is 0 Å². The van der Waals surface area contributed by atoms with E-state index in [9.17, 15) is 4.79 Å². The third-order valence-electron chi connectivity index (χ3n) is 7.13. The molecule has 0 bridgehead atoms. The molecule has 1 aliphatic heterocycles. The van der Waals surface area contributed by atoms with Crippen molar-refractivity contribution in [3.8, 4) is 11.5 Å². The van der Waals surface area contributed by atoms with E-state index in [0.29, 0.717) is 17.7 Å². The van der Waals surface area contributed by atoms with Crippen LogP contribution in [-0.4, -0.2) is 42.1 Å². The number of hydrogen-bond donors (Lipinski definition) is 0. The van der Waals surface area contributed by atoms with Gasteiger partial charge in [0.05, 0.1) is 13.2 Å². The Hall–Kier alpha value is -3.08. The van der Waals surface area contributed by atoms with Gasteiger partial charge < -0.3 is 14.4 Å². The molecule has 0 atom stereocenters. The fraction of sp³-hybridized carbons (Fsp3) is 0.429. The van der Waals surface area contributed by atoms with Crippen molar-refractivity contribution in [3.63, 3.8) is 0 Å². The second-order valence-electron chi connectivity index (χ2n) is 9.33. The molecule has 2 heterocycles. The van der Waals surface area contributed by atoms with Gasteiger partial charge in [-0.25, -0.2) is 0 Å². The third-order valence-corrected chi connectivity index (χ3v) is 7.13. The van der Waals surface area contributed by atoms with Crippen LogP contribution in [0.1, 0.15) is 54.6 Å². The molecule has 3 aromatic rings. The van der Waals surface area contributed by atoms with Crippen molar-refractivity contribution in [3.05, 3.63) is 66.0 Å². The van der Waals surface area contributed by atoms with Gasteiger partial charge in [-0.15, -0.1) is 0 Å². The summed E-state index contributed by atoms with van der Waals surface area (Å²) < 4.78 is 11.8.